The van der Waals surface area contributed by atoms with Crippen LogP contribution in [0, 0.1) is 0 Å². The molecule has 0 spiro atoms. The van der Waals surface area contributed by atoms with Crippen molar-refractivity contribution in [1.82, 2.24) is 0 Å². The number of furan rings is 2. The van der Waals surface area contributed by atoms with Crippen molar-refractivity contribution in [2.24, 2.45) is 0 Å². The smallest absolute Gasteiger partial charge is 0.303 e. The summed E-state index contributed by atoms with van der Waals surface area (Å²) in [6.07, 6.45) is 0. The first-order valence-electron chi connectivity index (χ1n) is 14.2. The molecule has 0 bridgehead atoms. The third-order valence-electron chi connectivity index (χ3n) is 8.66. The molecule has 0 saturated heterocycles. The highest BCUT2D eigenvalue weighted by molar-refractivity contribution is 7.28. The first-order valence-corrected chi connectivity index (χ1v) is 15.0. The maximum absolute atomic E-state index is 6.95. The van der Waals surface area contributed by atoms with Gasteiger partial charge in [0.1, 0.15) is 5.58 Å². The quantitative estimate of drug-likeness (QED) is 0.200. The minimum atomic E-state index is -0.122. The number of rotatable bonds is 2. The van der Waals surface area contributed by atoms with Crippen LogP contribution in [0.1, 0.15) is 0 Å². The van der Waals surface area contributed by atoms with E-state index in [-0.39, 0.29) is 6.71 Å². The maximum Gasteiger partial charge on any atom is 0.303 e. The fraction of sp³-hybridized carbons (Fsp3) is 0. The van der Waals surface area contributed by atoms with Crippen LogP contribution in [0.15, 0.2) is 136 Å². The van der Waals surface area contributed by atoms with E-state index < -0.39 is 0 Å². The predicted molar refractivity (Wildman–Crippen MR) is 175 cm³/mol. The molecule has 0 amide bonds. The molecule has 4 nitrogen and oxygen atoms in total. The lowest BCUT2D eigenvalue weighted by Gasteiger charge is -2.40. The van der Waals surface area contributed by atoms with E-state index in [2.05, 4.69) is 131 Å². The van der Waals surface area contributed by atoms with Gasteiger partial charge < -0.3 is 13.7 Å². The van der Waals surface area contributed by atoms with Crippen molar-refractivity contribution in [3.63, 3.8) is 0 Å². The number of benzene rings is 5. The second-order valence-electron chi connectivity index (χ2n) is 10.9. The summed E-state index contributed by atoms with van der Waals surface area (Å²) in [6, 6.07) is 44.7. The zero-order valence-corrected chi connectivity index (χ0v) is 23.1. The number of fused-ring (bicyclic) bond motifs is 10. The molecule has 0 unspecified atom stereocenters. The predicted octanol–water partition coefficient (Wildman–Crippen LogP) is 8.48. The Morgan fingerprint density at radius 1 is 0.548 bits per heavy atom. The molecule has 0 fully saturated rings. The second kappa shape index (κ2) is 8.18. The topological polar surface area (TPSA) is 32.8 Å². The van der Waals surface area contributed by atoms with Crippen LogP contribution in [0.2, 0.25) is 0 Å². The average Bonchev–Trinajstić information content (AvgIpc) is 3.72. The van der Waals surface area contributed by atoms with Gasteiger partial charge >= 0.3 is 6.71 Å². The molecular weight excluding hydrogens is 535 g/mol. The lowest BCUT2D eigenvalue weighted by molar-refractivity contribution is 0.625. The fourth-order valence-corrected chi connectivity index (χ4v) is 8.19. The van der Waals surface area contributed by atoms with Gasteiger partial charge in [0, 0.05) is 43.7 Å². The maximum atomic E-state index is 6.95. The van der Waals surface area contributed by atoms with Crippen LogP contribution >= 0.6 is 11.3 Å². The van der Waals surface area contributed by atoms with Crippen molar-refractivity contribution >= 4 is 100 Å². The molecule has 0 radical (unpaired) electrons. The molecule has 42 heavy (non-hydrogen) atoms. The Kier molecular flexibility index (Phi) is 4.38. The van der Waals surface area contributed by atoms with Crippen LogP contribution in [0.3, 0.4) is 0 Å². The third kappa shape index (κ3) is 2.82. The normalized spacial score (nSPS) is 13.6. The van der Waals surface area contributed by atoms with Crippen molar-refractivity contribution in [1.29, 1.82) is 0 Å². The number of anilines is 6. The Morgan fingerprint density at radius 2 is 1.19 bits per heavy atom. The minimum Gasteiger partial charge on any atom is -0.468 e. The highest BCUT2D eigenvalue weighted by Gasteiger charge is 2.49. The highest BCUT2D eigenvalue weighted by atomic mass is 32.1. The summed E-state index contributed by atoms with van der Waals surface area (Å²) < 4.78 is 16.2. The summed E-state index contributed by atoms with van der Waals surface area (Å²) >= 11 is 1.81. The van der Waals surface area contributed by atoms with Gasteiger partial charge in [-0.15, -0.1) is 11.3 Å². The molecule has 0 atom stereocenters. The monoisotopic (exact) mass is 556 g/mol. The second-order valence-corrected chi connectivity index (χ2v) is 11.9. The summed E-state index contributed by atoms with van der Waals surface area (Å²) in [5.41, 5.74) is 10.7. The number of para-hydroxylation sites is 3. The number of thiophene rings is 1. The van der Waals surface area contributed by atoms with E-state index >= 15 is 0 Å². The average molecular weight is 556 g/mol. The van der Waals surface area contributed by atoms with E-state index in [0.717, 1.165) is 61.9 Å². The van der Waals surface area contributed by atoms with E-state index in [4.69, 9.17) is 8.83 Å². The third-order valence-corrected chi connectivity index (χ3v) is 9.84. The Morgan fingerprint density at radius 3 is 1.98 bits per heavy atom. The van der Waals surface area contributed by atoms with Gasteiger partial charge in [-0.2, -0.15) is 0 Å². The minimum absolute atomic E-state index is 0.122. The van der Waals surface area contributed by atoms with Gasteiger partial charge in [-0.1, -0.05) is 66.7 Å². The van der Waals surface area contributed by atoms with Crippen molar-refractivity contribution in [2.75, 3.05) is 9.80 Å². The first kappa shape index (κ1) is 22.5. The van der Waals surface area contributed by atoms with Crippen LogP contribution in [-0.2, 0) is 0 Å². The molecule has 0 saturated carbocycles. The van der Waals surface area contributed by atoms with Gasteiger partial charge in [0.15, 0.2) is 5.58 Å². The molecule has 0 N–H and O–H groups in total. The molecule has 2 aliphatic heterocycles. The Labute approximate surface area is 245 Å². The Bertz CT molecular complexity index is 2340. The highest BCUT2D eigenvalue weighted by Crippen LogP contribution is 2.49. The SMILES string of the molecule is c1ccc(N2c3cccc4c3B(c3oc5ccccc5c3N4c3ccccc3)c3c2oc2c3sc3ccccc32)cc1. The Balaban J connectivity index is 1.38. The summed E-state index contributed by atoms with van der Waals surface area (Å²) in [4.78, 5) is 4.68. The van der Waals surface area contributed by atoms with E-state index in [0.29, 0.717) is 0 Å². The van der Waals surface area contributed by atoms with Gasteiger partial charge in [0.25, 0.3) is 0 Å². The van der Waals surface area contributed by atoms with Crippen LogP contribution in [-0.4, -0.2) is 6.71 Å². The van der Waals surface area contributed by atoms with Gasteiger partial charge in [0.2, 0.25) is 5.88 Å². The molecule has 10 rings (SSSR count). The summed E-state index contributed by atoms with van der Waals surface area (Å²) in [5.74, 6) is 0.863. The fourth-order valence-electron chi connectivity index (χ4n) is 6.99. The van der Waals surface area contributed by atoms with Gasteiger partial charge in [-0.05, 0) is 66.1 Å². The van der Waals surface area contributed by atoms with E-state index in [1.54, 1.807) is 11.3 Å². The van der Waals surface area contributed by atoms with Crippen LogP contribution in [0.25, 0.3) is 31.3 Å². The number of nitrogens with zero attached hydrogens (tertiary/aromatic N) is 2. The number of hydrogen-bond acceptors (Lipinski definition) is 5. The molecule has 0 aliphatic carbocycles. The summed E-state index contributed by atoms with van der Waals surface area (Å²) in [5, 5.41) is 2.26. The molecule has 5 aromatic carbocycles. The van der Waals surface area contributed by atoms with Crippen LogP contribution in [0.5, 0.6) is 0 Å². The lowest BCUT2D eigenvalue weighted by Crippen LogP contribution is -2.60. The molecule has 8 aromatic rings. The molecule has 196 valence electrons. The zero-order chi connectivity index (χ0) is 27.4. The van der Waals surface area contributed by atoms with Gasteiger partial charge in [-0.3, -0.25) is 4.90 Å². The van der Waals surface area contributed by atoms with E-state index in [9.17, 15) is 0 Å². The molecule has 6 heteroatoms. The molecular formula is C36H21BN2O2S. The molecule has 5 heterocycles. The van der Waals surface area contributed by atoms with E-state index in [1.807, 2.05) is 6.07 Å². The van der Waals surface area contributed by atoms with Crippen molar-refractivity contribution in [3.05, 3.63) is 127 Å². The largest absolute Gasteiger partial charge is 0.468 e. The van der Waals surface area contributed by atoms with Crippen molar-refractivity contribution < 1.29 is 8.83 Å². The summed E-state index contributed by atoms with van der Waals surface area (Å²) in [6.45, 7) is -0.122. The van der Waals surface area contributed by atoms with Crippen LogP contribution < -0.4 is 26.4 Å². The standard InChI is InChI=1S/C36H21BN2O2S/c1-3-12-22(13-4-1)38-26-18-11-19-27-30(26)37(35-32(38)24-16-7-9-20-28(24)40-35)31-34-33(25-17-8-10-21-29(25)42-34)41-36(31)39(27)23-14-5-2-6-15-23/h1-21H. The van der Waals surface area contributed by atoms with Crippen molar-refractivity contribution in [2.45, 2.75) is 0 Å². The van der Waals surface area contributed by atoms with Gasteiger partial charge in [-0.25, -0.2) is 0 Å². The number of hydrogen-bond donors (Lipinski definition) is 0. The van der Waals surface area contributed by atoms with E-state index in [1.165, 1.54) is 20.3 Å². The zero-order valence-electron chi connectivity index (χ0n) is 22.3. The van der Waals surface area contributed by atoms with Gasteiger partial charge in [0.05, 0.1) is 16.0 Å². The first-order chi connectivity index (χ1) is 20.9. The lowest BCUT2D eigenvalue weighted by atomic mass is 9.36. The molecule has 2 aliphatic rings. The van der Waals surface area contributed by atoms with Crippen LogP contribution in [0.4, 0.5) is 34.3 Å². The molecule has 3 aromatic heterocycles. The Hall–Kier alpha value is -5.20. The van der Waals surface area contributed by atoms with Crippen molar-refractivity contribution in [3.8, 4) is 0 Å². The summed E-state index contributed by atoms with van der Waals surface area (Å²) in [7, 11) is 0.